The van der Waals surface area contributed by atoms with Crippen LogP contribution in [0.15, 0.2) is 171 Å². The third-order valence-corrected chi connectivity index (χ3v) is 11.0. The molecule has 0 spiro atoms. The lowest BCUT2D eigenvalue weighted by Crippen LogP contribution is -2.11. The molecule has 0 amide bonds. The van der Waals surface area contributed by atoms with Gasteiger partial charge in [-0.3, -0.25) is 0 Å². The Kier molecular flexibility index (Phi) is 8.46. The molecule has 0 aliphatic heterocycles. The largest absolute Gasteiger partial charge is 0.246 e. The second kappa shape index (κ2) is 13.1. The number of benzene rings is 8. The van der Waals surface area contributed by atoms with Gasteiger partial charge in [-0.15, -0.1) is 0 Å². The molecular weight excluding hydrogens is 740 g/mol. The van der Waals surface area contributed by atoms with Gasteiger partial charge in [-0.2, -0.15) is 0 Å². The van der Waals surface area contributed by atoms with E-state index in [1.54, 1.807) is 0 Å². The first kappa shape index (κ1) is 32.3. The number of nitrogens with zero attached hydrogens (tertiary/aromatic N) is 2. The molecule has 8 aromatic carbocycles. The fraction of sp³-hybridized carbons (Fsp3) is 0.0870. The first-order valence-electron chi connectivity index (χ1n) is 16.8. The average Bonchev–Trinajstić information content (AvgIpc) is 3.15. The highest BCUT2D eigenvalue weighted by Gasteiger charge is 2.25. The maximum Gasteiger partial charge on any atom is 0.0864 e. The van der Waals surface area contributed by atoms with Gasteiger partial charge in [0.05, 0.1) is 31.7 Å². The van der Waals surface area contributed by atoms with Gasteiger partial charge in [-0.25, -0.2) is 9.98 Å². The lowest BCUT2D eigenvalue weighted by Gasteiger charge is -2.24. The van der Waals surface area contributed by atoms with Crippen LogP contribution in [0.5, 0.6) is 0 Å². The van der Waals surface area contributed by atoms with Crippen molar-refractivity contribution in [3.63, 3.8) is 0 Å². The van der Waals surface area contributed by atoms with Gasteiger partial charge in [-0.1, -0.05) is 160 Å². The third kappa shape index (κ3) is 5.77. The molecule has 0 radical (unpaired) electrons. The van der Waals surface area contributed by atoms with Crippen LogP contribution < -0.4 is 0 Å². The normalized spacial score (nSPS) is 11.7. The van der Waals surface area contributed by atoms with Crippen molar-refractivity contribution in [3.8, 4) is 0 Å². The Bertz CT molecular complexity index is 2470. The molecule has 0 aliphatic carbocycles. The summed E-state index contributed by atoms with van der Waals surface area (Å²) in [5.41, 5.74) is 9.08. The van der Waals surface area contributed by atoms with Crippen LogP contribution in [0.25, 0.3) is 32.3 Å². The Morgan fingerprint density at radius 2 is 0.780 bits per heavy atom. The summed E-state index contributed by atoms with van der Waals surface area (Å²) in [7, 11) is 0. The van der Waals surface area contributed by atoms with Crippen LogP contribution in [0.1, 0.15) is 48.6 Å². The van der Waals surface area contributed by atoms with Crippen LogP contribution in [-0.2, 0) is 5.41 Å². The minimum atomic E-state index is -0.109. The van der Waals surface area contributed by atoms with Crippen molar-refractivity contribution in [3.05, 3.63) is 188 Å². The monoisotopic (exact) mass is 772 g/mol. The summed E-state index contributed by atoms with van der Waals surface area (Å²) in [4.78, 5) is 11.1. The van der Waals surface area contributed by atoms with E-state index in [2.05, 4.69) is 180 Å². The topological polar surface area (TPSA) is 24.7 Å². The van der Waals surface area contributed by atoms with E-state index in [1.807, 2.05) is 24.3 Å². The van der Waals surface area contributed by atoms with E-state index in [1.165, 1.54) is 16.3 Å². The maximum atomic E-state index is 5.58. The Morgan fingerprint density at radius 1 is 0.420 bits per heavy atom. The second-order valence-corrected chi connectivity index (χ2v) is 15.2. The highest BCUT2D eigenvalue weighted by atomic mass is 79.9. The quantitative estimate of drug-likeness (QED) is 0.119. The fourth-order valence-corrected chi connectivity index (χ4v) is 8.06. The molecule has 0 aliphatic rings. The molecule has 0 aromatic heterocycles. The summed E-state index contributed by atoms with van der Waals surface area (Å²) < 4.78 is 1.94. The molecule has 0 N–H and O–H groups in total. The SMILES string of the molecule is CC(C)(C)c1cc2c(Br)c(N=C(c3ccccc3)c3ccccc3)c3cccc4c(Br)c(N=C(c5ccccc5)c5ccccc5)c(c1)c2c43. The first-order chi connectivity index (χ1) is 24.3. The Balaban J connectivity index is 1.52. The lowest BCUT2D eigenvalue weighted by molar-refractivity contribution is 0.591. The van der Waals surface area contributed by atoms with Crippen LogP contribution in [0, 0.1) is 0 Å². The Morgan fingerprint density at radius 3 is 1.22 bits per heavy atom. The van der Waals surface area contributed by atoms with E-state index < -0.39 is 0 Å². The highest BCUT2D eigenvalue weighted by Crippen LogP contribution is 2.52. The van der Waals surface area contributed by atoms with Crippen molar-refractivity contribution in [2.45, 2.75) is 26.2 Å². The van der Waals surface area contributed by atoms with Crippen LogP contribution in [0.2, 0.25) is 0 Å². The summed E-state index contributed by atoms with van der Waals surface area (Å²) in [6.07, 6.45) is 0. The predicted molar refractivity (Wildman–Crippen MR) is 221 cm³/mol. The zero-order chi connectivity index (χ0) is 34.4. The summed E-state index contributed by atoms with van der Waals surface area (Å²) >= 11 is 8.27. The smallest absolute Gasteiger partial charge is 0.0864 e. The molecule has 8 rings (SSSR count). The third-order valence-electron chi connectivity index (χ3n) is 9.35. The molecule has 0 saturated carbocycles. The van der Waals surface area contributed by atoms with Crippen molar-refractivity contribution in [1.29, 1.82) is 0 Å². The zero-order valence-electron chi connectivity index (χ0n) is 28.1. The number of hydrogen-bond acceptors (Lipinski definition) is 2. The van der Waals surface area contributed by atoms with Crippen LogP contribution in [-0.4, -0.2) is 11.4 Å². The molecule has 0 heterocycles. The van der Waals surface area contributed by atoms with Crippen molar-refractivity contribution < 1.29 is 0 Å². The molecule has 50 heavy (non-hydrogen) atoms. The Hall–Kier alpha value is -4.90. The lowest BCUT2D eigenvalue weighted by atomic mass is 9.82. The molecule has 4 heteroatoms. The molecule has 0 fully saturated rings. The zero-order valence-corrected chi connectivity index (χ0v) is 31.3. The van der Waals surface area contributed by atoms with E-state index in [0.29, 0.717) is 0 Å². The van der Waals surface area contributed by atoms with Crippen LogP contribution >= 0.6 is 31.9 Å². The van der Waals surface area contributed by atoms with Gasteiger partial charge >= 0.3 is 0 Å². The average molecular weight is 775 g/mol. The number of aliphatic imine (C=N–C) groups is 2. The molecule has 242 valence electrons. The van der Waals surface area contributed by atoms with Crippen molar-refractivity contribution in [2.75, 3.05) is 0 Å². The number of hydrogen-bond donors (Lipinski definition) is 0. The van der Waals surface area contributed by atoms with Crippen LogP contribution in [0.4, 0.5) is 11.4 Å². The first-order valence-corrected chi connectivity index (χ1v) is 18.4. The minimum absolute atomic E-state index is 0.109. The Labute approximate surface area is 309 Å². The van der Waals surface area contributed by atoms with E-state index in [9.17, 15) is 0 Å². The summed E-state index contributed by atoms with van der Waals surface area (Å²) in [6, 6.07) is 53.1. The van der Waals surface area contributed by atoms with Crippen molar-refractivity contribution in [2.24, 2.45) is 9.98 Å². The summed E-state index contributed by atoms with van der Waals surface area (Å²) in [5, 5.41) is 6.77. The number of halogens is 2. The molecule has 8 aromatic rings. The molecule has 0 bridgehead atoms. The maximum absolute atomic E-state index is 5.58. The number of rotatable bonds is 6. The van der Waals surface area contributed by atoms with Gasteiger partial charge in [0.2, 0.25) is 0 Å². The van der Waals surface area contributed by atoms with Gasteiger partial charge in [0.1, 0.15) is 0 Å². The molecule has 2 nitrogen and oxygen atoms in total. The molecule has 0 saturated heterocycles. The van der Waals surface area contributed by atoms with Crippen LogP contribution in [0.3, 0.4) is 0 Å². The second-order valence-electron chi connectivity index (χ2n) is 13.6. The minimum Gasteiger partial charge on any atom is -0.246 e. The molecular formula is C46H34Br2N2. The van der Waals surface area contributed by atoms with E-state index in [4.69, 9.17) is 9.98 Å². The van der Waals surface area contributed by atoms with E-state index in [0.717, 1.165) is 75.5 Å². The van der Waals surface area contributed by atoms with Crippen molar-refractivity contribution >= 4 is 87.0 Å². The fourth-order valence-electron chi connectivity index (χ4n) is 6.82. The van der Waals surface area contributed by atoms with Crippen molar-refractivity contribution in [1.82, 2.24) is 0 Å². The summed E-state index contributed by atoms with van der Waals surface area (Å²) in [6.45, 7) is 6.81. The standard InChI is InChI=1S/C46H34Br2N2/c1-46(2,3)33-27-36-39-37(28-33)45(50-43(31-21-12-6-13-22-31)32-23-14-7-15-24-32)40(47)34-25-16-26-35(38(34)39)44(41(36)48)49-42(29-17-8-4-9-18-29)30-19-10-5-11-20-30/h4-28H,1-3H3. The van der Waals surface area contributed by atoms with Gasteiger partial charge in [-0.05, 0) is 65.7 Å². The van der Waals surface area contributed by atoms with E-state index in [-0.39, 0.29) is 5.41 Å². The summed E-state index contributed by atoms with van der Waals surface area (Å²) in [5.74, 6) is 0. The predicted octanol–water partition coefficient (Wildman–Crippen LogP) is 13.7. The highest BCUT2D eigenvalue weighted by molar-refractivity contribution is 9.11. The van der Waals surface area contributed by atoms with Gasteiger partial charge in [0, 0.05) is 43.8 Å². The molecule has 0 atom stereocenters. The van der Waals surface area contributed by atoms with Gasteiger partial charge in [0.25, 0.3) is 0 Å². The van der Waals surface area contributed by atoms with Gasteiger partial charge < -0.3 is 0 Å². The van der Waals surface area contributed by atoms with E-state index >= 15 is 0 Å². The van der Waals surface area contributed by atoms with Gasteiger partial charge in [0.15, 0.2) is 0 Å². The molecule has 0 unspecified atom stereocenters.